The third-order valence-electron chi connectivity index (χ3n) is 7.70. The van der Waals surface area contributed by atoms with Crippen molar-refractivity contribution in [3.8, 4) is 0 Å². The monoisotopic (exact) mass is 501 g/mol. The van der Waals surface area contributed by atoms with Crippen LogP contribution in [-0.4, -0.2) is 42.2 Å². The van der Waals surface area contributed by atoms with Gasteiger partial charge in [0, 0.05) is 38.6 Å². The Hall–Kier alpha value is -3.69. The number of hydrogen-bond donors (Lipinski definition) is 1. The average molecular weight is 502 g/mol. The number of para-hydroxylation sites is 2. The van der Waals surface area contributed by atoms with Crippen LogP contribution in [0.25, 0.3) is 43.6 Å². The van der Waals surface area contributed by atoms with E-state index in [1.807, 2.05) is 48.5 Å². The van der Waals surface area contributed by atoms with Crippen LogP contribution in [0.4, 0.5) is 0 Å². The van der Waals surface area contributed by atoms with Gasteiger partial charge in [-0.25, -0.2) is 0 Å². The summed E-state index contributed by atoms with van der Waals surface area (Å²) >= 11 is 0. The minimum absolute atomic E-state index is 0.0183. The Labute approximate surface area is 206 Å². The Kier molecular flexibility index (Phi) is 4.30. The molecule has 0 aliphatic carbocycles. The van der Waals surface area contributed by atoms with Gasteiger partial charge in [-0.15, -0.1) is 0 Å². The zero-order valence-corrected chi connectivity index (χ0v) is 20.6. The molecule has 182 valence electrons. The van der Waals surface area contributed by atoms with Crippen molar-refractivity contribution < 1.29 is 22.2 Å². The summed E-state index contributed by atoms with van der Waals surface area (Å²) in [6.45, 7) is 2.09. The van der Waals surface area contributed by atoms with Gasteiger partial charge in [0.15, 0.2) is 0 Å². The predicted molar refractivity (Wildman–Crippen MR) is 138 cm³/mol. The third kappa shape index (κ3) is 2.69. The van der Waals surface area contributed by atoms with Gasteiger partial charge in [0.25, 0.3) is 21.9 Å². The molecule has 8 nitrogen and oxygen atoms in total. The third-order valence-corrected chi connectivity index (χ3v) is 8.26. The zero-order chi connectivity index (χ0) is 24.9. The van der Waals surface area contributed by atoms with E-state index >= 15 is 0 Å². The number of nitrogens with zero attached hydrogens (tertiary/aromatic N) is 2. The first-order valence-corrected chi connectivity index (χ1v) is 13.8. The van der Waals surface area contributed by atoms with E-state index < -0.39 is 16.0 Å². The first-order valence-electron chi connectivity index (χ1n) is 12.0. The maximum absolute atomic E-state index is 13.2. The van der Waals surface area contributed by atoms with E-state index in [2.05, 4.69) is 21.4 Å². The Morgan fingerprint density at radius 1 is 0.861 bits per heavy atom. The standard InChI is InChI=1S/C27H23N3O5S/c1-3-14-12-15(13-35-36(2,33)34)30-19-11-7-5-9-17(19)21-23-22(26(31)28-27(23)32)20-16-8-4-6-10-18(16)29(14)24(20)25(21)30/h4-11,14-15H,3,12-13H2,1-2H3,(H,28,31,32)/t14-,15+/m0/s1. The molecule has 0 bridgehead atoms. The first-order chi connectivity index (χ1) is 17.3. The number of benzene rings is 3. The molecule has 2 aromatic heterocycles. The topological polar surface area (TPSA) is 99.4 Å². The molecule has 36 heavy (non-hydrogen) atoms. The molecule has 0 spiro atoms. The highest BCUT2D eigenvalue weighted by Crippen LogP contribution is 2.50. The second kappa shape index (κ2) is 7.18. The van der Waals surface area contributed by atoms with E-state index in [1.165, 1.54) is 0 Å². The molecule has 0 fully saturated rings. The Morgan fingerprint density at radius 2 is 1.36 bits per heavy atom. The number of nitrogens with one attached hydrogen (secondary N) is 1. The lowest BCUT2D eigenvalue weighted by Gasteiger charge is -2.24. The van der Waals surface area contributed by atoms with Crippen LogP contribution in [-0.2, 0) is 14.3 Å². The normalized spacial score (nSPS) is 19.6. The van der Waals surface area contributed by atoms with E-state index in [-0.39, 0.29) is 24.6 Å². The lowest BCUT2D eigenvalue weighted by Crippen LogP contribution is -2.20. The van der Waals surface area contributed by atoms with Crippen LogP contribution < -0.4 is 5.32 Å². The average Bonchev–Trinajstić information content (AvgIpc) is 3.42. The molecule has 1 N–H and O–H groups in total. The summed E-state index contributed by atoms with van der Waals surface area (Å²) in [4.78, 5) is 26.5. The van der Waals surface area contributed by atoms with Crippen molar-refractivity contribution in [3.05, 3.63) is 59.7 Å². The number of carbonyl (C=O) groups excluding carboxylic acids is 2. The molecular formula is C27H23N3O5S. The molecule has 0 saturated carbocycles. The number of fused-ring (bicyclic) bond motifs is 9. The van der Waals surface area contributed by atoms with Crippen LogP contribution >= 0.6 is 0 Å². The lowest BCUT2D eigenvalue weighted by atomic mass is 9.96. The molecule has 0 saturated heterocycles. The molecule has 2 atom stereocenters. The van der Waals surface area contributed by atoms with Gasteiger partial charge < -0.3 is 9.13 Å². The van der Waals surface area contributed by atoms with Gasteiger partial charge in [-0.05, 0) is 25.0 Å². The van der Waals surface area contributed by atoms with Crippen molar-refractivity contribution in [3.63, 3.8) is 0 Å². The van der Waals surface area contributed by atoms with Crippen LogP contribution in [0.15, 0.2) is 48.5 Å². The van der Waals surface area contributed by atoms with Crippen molar-refractivity contribution >= 4 is 65.5 Å². The van der Waals surface area contributed by atoms with Crippen molar-refractivity contribution in [2.45, 2.75) is 31.8 Å². The number of amides is 2. The Balaban J connectivity index is 1.77. The molecule has 2 amide bonds. The molecular weight excluding hydrogens is 478 g/mol. The fourth-order valence-corrected chi connectivity index (χ4v) is 6.81. The van der Waals surface area contributed by atoms with E-state index in [9.17, 15) is 18.0 Å². The van der Waals surface area contributed by atoms with Crippen molar-refractivity contribution in [1.29, 1.82) is 0 Å². The van der Waals surface area contributed by atoms with Gasteiger partial charge in [-0.2, -0.15) is 8.42 Å². The molecule has 7 rings (SSSR count). The highest BCUT2D eigenvalue weighted by molar-refractivity contribution is 7.85. The number of hydrogen-bond acceptors (Lipinski definition) is 5. The SMILES string of the molecule is CC[C@H]1C[C@H](COS(C)(=O)=O)n2c3ccccc3c3c4c(c5c6ccccc6n1c5c32)C(=O)NC4=O. The van der Waals surface area contributed by atoms with E-state index in [1.54, 1.807) is 0 Å². The zero-order valence-electron chi connectivity index (χ0n) is 19.7. The predicted octanol–water partition coefficient (Wildman–Crippen LogP) is 4.66. The lowest BCUT2D eigenvalue weighted by molar-refractivity contribution is 0.0880. The van der Waals surface area contributed by atoms with Gasteiger partial charge in [0.05, 0.1) is 41.1 Å². The van der Waals surface area contributed by atoms with Gasteiger partial charge in [-0.3, -0.25) is 19.1 Å². The molecule has 2 aliphatic heterocycles. The molecule has 0 unspecified atom stereocenters. The summed E-state index contributed by atoms with van der Waals surface area (Å²) in [7, 11) is -3.66. The molecule has 2 aliphatic rings. The summed E-state index contributed by atoms with van der Waals surface area (Å²) in [5.74, 6) is -0.789. The number of imide groups is 1. The highest BCUT2D eigenvalue weighted by Gasteiger charge is 2.39. The maximum atomic E-state index is 13.2. The molecule has 5 aromatic rings. The van der Waals surface area contributed by atoms with E-state index in [0.29, 0.717) is 17.5 Å². The van der Waals surface area contributed by atoms with E-state index in [0.717, 1.165) is 56.3 Å². The number of rotatable bonds is 4. The van der Waals surface area contributed by atoms with Gasteiger partial charge >= 0.3 is 0 Å². The Morgan fingerprint density at radius 3 is 1.86 bits per heavy atom. The molecule has 3 aromatic carbocycles. The van der Waals surface area contributed by atoms with Crippen LogP contribution in [0.5, 0.6) is 0 Å². The maximum Gasteiger partial charge on any atom is 0.264 e. The van der Waals surface area contributed by atoms with Crippen molar-refractivity contribution in [1.82, 2.24) is 14.5 Å². The van der Waals surface area contributed by atoms with Crippen LogP contribution in [0.2, 0.25) is 0 Å². The highest BCUT2D eigenvalue weighted by atomic mass is 32.2. The summed E-state index contributed by atoms with van der Waals surface area (Å²) in [5.41, 5.74) is 4.41. The quantitative estimate of drug-likeness (QED) is 0.285. The van der Waals surface area contributed by atoms with Gasteiger partial charge in [-0.1, -0.05) is 43.3 Å². The summed E-state index contributed by atoms with van der Waals surface area (Å²) in [6, 6.07) is 15.5. The van der Waals surface area contributed by atoms with Crippen molar-refractivity contribution in [2.24, 2.45) is 0 Å². The largest absolute Gasteiger partial charge is 0.336 e. The second-order valence-corrected chi connectivity index (χ2v) is 11.3. The first kappa shape index (κ1) is 21.6. The summed E-state index contributed by atoms with van der Waals surface area (Å²) < 4.78 is 33.8. The Bertz CT molecular complexity index is 1910. The van der Waals surface area contributed by atoms with Gasteiger partial charge in [0.1, 0.15) is 0 Å². The van der Waals surface area contributed by atoms with Crippen LogP contribution in [0, 0.1) is 0 Å². The fraction of sp³-hybridized carbons (Fsp3) is 0.259. The van der Waals surface area contributed by atoms with Crippen LogP contribution in [0.1, 0.15) is 52.6 Å². The second-order valence-electron chi connectivity index (χ2n) is 9.70. The smallest absolute Gasteiger partial charge is 0.264 e. The number of carbonyl (C=O) groups is 2. The molecule has 9 heteroatoms. The molecule has 4 heterocycles. The molecule has 0 radical (unpaired) electrons. The number of aromatic nitrogens is 2. The summed E-state index contributed by atoms with van der Waals surface area (Å²) in [5, 5.41) is 5.80. The van der Waals surface area contributed by atoms with Gasteiger partial charge in [0.2, 0.25) is 0 Å². The van der Waals surface area contributed by atoms with Crippen molar-refractivity contribution in [2.75, 3.05) is 12.9 Å². The minimum Gasteiger partial charge on any atom is -0.336 e. The summed E-state index contributed by atoms with van der Waals surface area (Å²) in [6.07, 6.45) is 2.49. The fourth-order valence-electron chi connectivity index (χ4n) is 6.41. The van der Waals surface area contributed by atoms with Crippen LogP contribution in [0.3, 0.4) is 0 Å². The minimum atomic E-state index is -3.66. The van der Waals surface area contributed by atoms with E-state index in [4.69, 9.17) is 4.18 Å².